The zero-order valence-corrected chi connectivity index (χ0v) is 17.2. The maximum absolute atomic E-state index is 13.6. The number of sulfonamides is 1. The summed E-state index contributed by atoms with van der Waals surface area (Å²) in [5, 5.41) is 0. The fourth-order valence-corrected chi connectivity index (χ4v) is 5.89. The molecule has 1 aliphatic carbocycles. The van der Waals surface area contributed by atoms with Crippen LogP contribution in [0.15, 0.2) is 41.4 Å². The zero-order chi connectivity index (χ0) is 20.9. The molecular formula is C21H22F2N4O2S. The van der Waals surface area contributed by atoms with Crippen molar-refractivity contribution < 1.29 is 17.2 Å². The van der Waals surface area contributed by atoms with E-state index in [1.807, 2.05) is 12.1 Å². The van der Waals surface area contributed by atoms with E-state index in [0.29, 0.717) is 38.0 Å². The van der Waals surface area contributed by atoms with Gasteiger partial charge in [0.15, 0.2) is 5.65 Å². The summed E-state index contributed by atoms with van der Waals surface area (Å²) in [7, 11) is -3.96. The Morgan fingerprint density at radius 3 is 2.60 bits per heavy atom. The molecule has 6 nitrogen and oxygen atoms in total. The average molecular weight is 432 g/mol. The van der Waals surface area contributed by atoms with Gasteiger partial charge in [-0.3, -0.25) is 0 Å². The van der Waals surface area contributed by atoms with E-state index in [0.717, 1.165) is 48.4 Å². The molecule has 1 aliphatic heterocycles. The molecule has 1 aromatic carbocycles. The van der Waals surface area contributed by atoms with E-state index in [1.54, 1.807) is 6.20 Å². The number of hydrogen-bond acceptors (Lipinski definition) is 4. The second-order valence-electron chi connectivity index (χ2n) is 8.18. The summed E-state index contributed by atoms with van der Waals surface area (Å²) >= 11 is 0. The summed E-state index contributed by atoms with van der Waals surface area (Å²) in [5.41, 5.74) is 1.68. The summed E-state index contributed by atoms with van der Waals surface area (Å²) in [4.78, 5) is 8.92. The molecule has 0 amide bonds. The number of pyridine rings is 1. The highest BCUT2D eigenvalue weighted by Gasteiger charge is 2.34. The van der Waals surface area contributed by atoms with Gasteiger partial charge in [0, 0.05) is 37.8 Å². The van der Waals surface area contributed by atoms with E-state index < -0.39 is 21.7 Å². The van der Waals surface area contributed by atoms with Crippen molar-refractivity contribution in [2.45, 2.75) is 43.0 Å². The second-order valence-corrected chi connectivity index (χ2v) is 10.1. The van der Waals surface area contributed by atoms with Crippen molar-refractivity contribution in [1.82, 2.24) is 18.8 Å². The molecule has 1 saturated carbocycles. The molecule has 1 saturated heterocycles. The van der Waals surface area contributed by atoms with Crippen molar-refractivity contribution >= 4 is 21.2 Å². The summed E-state index contributed by atoms with van der Waals surface area (Å²) in [6.45, 7) is 1.27. The van der Waals surface area contributed by atoms with E-state index >= 15 is 0 Å². The summed E-state index contributed by atoms with van der Waals surface area (Å²) in [6.07, 6.45) is 5.53. The Bertz CT molecular complexity index is 1190. The van der Waals surface area contributed by atoms with Crippen LogP contribution >= 0.6 is 0 Å². The number of fused-ring (bicyclic) bond motifs is 1. The molecule has 30 heavy (non-hydrogen) atoms. The van der Waals surface area contributed by atoms with Crippen molar-refractivity contribution in [3.05, 3.63) is 54.0 Å². The van der Waals surface area contributed by atoms with Gasteiger partial charge in [-0.05, 0) is 55.9 Å². The van der Waals surface area contributed by atoms with Crippen LogP contribution in [0.4, 0.5) is 8.78 Å². The van der Waals surface area contributed by atoms with Gasteiger partial charge >= 0.3 is 0 Å². The van der Waals surface area contributed by atoms with Crippen molar-refractivity contribution in [2.75, 3.05) is 13.1 Å². The van der Waals surface area contributed by atoms with Crippen molar-refractivity contribution in [3.8, 4) is 0 Å². The number of hydrogen-bond donors (Lipinski definition) is 0. The van der Waals surface area contributed by atoms with Crippen molar-refractivity contribution in [1.29, 1.82) is 0 Å². The first-order chi connectivity index (χ1) is 14.4. The first-order valence-electron chi connectivity index (χ1n) is 10.2. The van der Waals surface area contributed by atoms with Crippen LogP contribution in [0, 0.1) is 17.6 Å². The third-order valence-corrected chi connectivity index (χ3v) is 7.72. The topological polar surface area (TPSA) is 68.1 Å². The zero-order valence-electron chi connectivity index (χ0n) is 16.3. The molecule has 0 radical (unpaired) electrons. The third kappa shape index (κ3) is 3.60. The Labute approximate surface area is 173 Å². The quantitative estimate of drug-likeness (QED) is 0.617. The van der Waals surface area contributed by atoms with Gasteiger partial charge < -0.3 is 4.57 Å². The fourth-order valence-electron chi connectivity index (χ4n) is 4.29. The Morgan fingerprint density at radius 1 is 1.10 bits per heavy atom. The minimum Gasteiger partial charge on any atom is -0.312 e. The van der Waals surface area contributed by atoms with Gasteiger partial charge in [0.1, 0.15) is 23.0 Å². The molecule has 0 spiro atoms. The molecule has 0 N–H and O–H groups in total. The predicted octanol–water partition coefficient (Wildman–Crippen LogP) is 3.69. The first kappa shape index (κ1) is 19.6. The number of rotatable bonds is 5. The van der Waals surface area contributed by atoms with Crippen LogP contribution in [0.2, 0.25) is 0 Å². The molecule has 0 bridgehead atoms. The standard InChI is InChI=1S/C21H22F2N4O2S/c22-16-9-17(23)11-18(10-16)30(28,29)26-8-2-3-14(12-26)13-27-20(15-5-6-15)25-19-4-1-7-24-21(19)27/h1,4,7,9-11,14-15H,2-3,5-6,8,12-13H2. The normalized spacial score (nSPS) is 20.7. The number of nitrogens with zero attached hydrogens (tertiary/aromatic N) is 4. The highest BCUT2D eigenvalue weighted by Crippen LogP contribution is 2.41. The molecule has 5 rings (SSSR count). The molecule has 9 heteroatoms. The van der Waals surface area contributed by atoms with Gasteiger partial charge in [-0.15, -0.1) is 0 Å². The molecule has 2 aromatic heterocycles. The molecular weight excluding hydrogens is 410 g/mol. The largest absolute Gasteiger partial charge is 0.312 e. The van der Waals surface area contributed by atoms with Crippen LogP contribution in [0.5, 0.6) is 0 Å². The summed E-state index contributed by atoms with van der Waals surface area (Å²) in [5.74, 6) is -0.253. The van der Waals surface area contributed by atoms with Gasteiger partial charge in [-0.2, -0.15) is 4.31 Å². The van der Waals surface area contributed by atoms with Gasteiger partial charge in [-0.1, -0.05) is 0 Å². The smallest absolute Gasteiger partial charge is 0.243 e. The summed E-state index contributed by atoms with van der Waals surface area (Å²) < 4.78 is 56.7. The molecule has 2 fully saturated rings. The number of benzene rings is 1. The number of piperidine rings is 1. The molecule has 3 aromatic rings. The molecule has 158 valence electrons. The highest BCUT2D eigenvalue weighted by atomic mass is 32.2. The van der Waals surface area contributed by atoms with E-state index in [4.69, 9.17) is 4.98 Å². The molecule has 2 aliphatic rings. The Hall–Kier alpha value is -2.39. The fraction of sp³-hybridized carbons (Fsp3) is 0.429. The van der Waals surface area contributed by atoms with Crippen LogP contribution in [-0.4, -0.2) is 40.3 Å². The van der Waals surface area contributed by atoms with Crippen molar-refractivity contribution in [3.63, 3.8) is 0 Å². The van der Waals surface area contributed by atoms with Crippen LogP contribution in [-0.2, 0) is 16.6 Å². The van der Waals surface area contributed by atoms with E-state index in [-0.39, 0.29) is 10.8 Å². The number of aromatic nitrogens is 3. The lowest BCUT2D eigenvalue weighted by Crippen LogP contribution is -2.41. The minimum atomic E-state index is -3.96. The molecule has 1 atom stereocenters. The van der Waals surface area contributed by atoms with E-state index in [2.05, 4.69) is 9.55 Å². The maximum Gasteiger partial charge on any atom is 0.243 e. The van der Waals surface area contributed by atoms with Crippen LogP contribution in [0.3, 0.4) is 0 Å². The van der Waals surface area contributed by atoms with Gasteiger partial charge in [0.25, 0.3) is 0 Å². The van der Waals surface area contributed by atoms with Gasteiger partial charge in [0.05, 0.1) is 4.90 Å². The molecule has 1 unspecified atom stereocenters. The van der Waals surface area contributed by atoms with Crippen LogP contribution in [0.1, 0.15) is 37.4 Å². The Kier molecular flexibility index (Phi) is 4.82. The average Bonchev–Trinajstić information content (AvgIpc) is 3.50. The Morgan fingerprint density at radius 2 is 1.87 bits per heavy atom. The SMILES string of the molecule is O=S(=O)(c1cc(F)cc(F)c1)N1CCCC(Cn2c(C3CC3)nc3cccnc32)C1. The van der Waals surface area contributed by atoms with Crippen LogP contribution in [0.25, 0.3) is 11.2 Å². The predicted molar refractivity (Wildman–Crippen MR) is 107 cm³/mol. The Balaban J connectivity index is 1.41. The lowest BCUT2D eigenvalue weighted by Gasteiger charge is -2.32. The number of halogens is 2. The maximum atomic E-state index is 13.6. The van der Waals surface area contributed by atoms with Crippen LogP contribution < -0.4 is 0 Å². The first-order valence-corrected chi connectivity index (χ1v) is 11.6. The molecule has 3 heterocycles. The highest BCUT2D eigenvalue weighted by molar-refractivity contribution is 7.89. The van der Waals surface area contributed by atoms with E-state index in [9.17, 15) is 17.2 Å². The third-order valence-electron chi connectivity index (χ3n) is 5.87. The van der Waals surface area contributed by atoms with Gasteiger partial charge in [-0.25, -0.2) is 27.2 Å². The lowest BCUT2D eigenvalue weighted by atomic mass is 9.99. The summed E-state index contributed by atoms with van der Waals surface area (Å²) in [6, 6.07) is 6.24. The van der Waals surface area contributed by atoms with Gasteiger partial charge in [0.2, 0.25) is 10.0 Å². The number of imidazole rings is 1. The van der Waals surface area contributed by atoms with E-state index in [1.165, 1.54) is 4.31 Å². The minimum absolute atomic E-state index is 0.0730. The second kappa shape index (κ2) is 7.39. The lowest BCUT2D eigenvalue weighted by molar-refractivity contribution is 0.245. The monoisotopic (exact) mass is 432 g/mol. The van der Waals surface area contributed by atoms with Crippen molar-refractivity contribution in [2.24, 2.45) is 5.92 Å².